The van der Waals surface area contributed by atoms with E-state index in [2.05, 4.69) is 14.9 Å². The first-order chi connectivity index (χ1) is 11.7. The number of halogens is 1. The fraction of sp³-hybridized carbons (Fsp3) is 0.688. The maximum absolute atomic E-state index is 12.5. The standard InChI is InChI=1S/C16H27N5O2S.ClH/c1-3-23-14-5-7-18-16(19-14)21-9-4-8-20(10-11-21)15(22)13(17)6-12-24-2;/h5,7,13H,3-4,6,8-12,17H2,1-2H3;1H. The van der Waals surface area contributed by atoms with E-state index >= 15 is 0 Å². The number of thioether (sulfide) groups is 1. The van der Waals surface area contributed by atoms with Crippen LogP contribution < -0.4 is 15.4 Å². The van der Waals surface area contributed by atoms with Crippen LogP contribution in [0.15, 0.2) is 12.3 Å². The second-order valence-corrected chi connectivity index (χ2v) is 6.67. The van der Waals surface area contributed by atoms with Crippen LogP contribution in [0.5, 0.6) is 5.88 Å². The highest BCUT2D eigenvalue weighted by Crippen LogP contribution is 2.15. The van der Waals surface area contributed by atoms with Crippen molar-refractivity contribution < 1.29 is 9.53 Å². The van der Waals surface area contributed by atoms with Gasteiger partial charge in [-0.25, -0.2) is 4.98 Å². The molecule has 0 radical (unpaired) electrons. The first-order valence-electron chi connectivity index (χ1n) is 8.39. The second kappa shape index (κ2) is 11.4. The molecule has 1 aliphatic heterocycles. The number of amides is 1. The number of rotatable bonds is 7. The molecule has 1 aliphatic rings. The zero-order chi connectivity index (χ0) is 17.4. The van der Waals surface area contributed by atoms with Gasteiger partial charge in [0.15, 0.2) is 0 Å². The van der Waals surface area contributed by atoms with Crippen LogP contribution in [0.2, 0.25) is 0 Å². The summed E-state index contributed by atoms with van der Waals surface area (Å²) in [6.07, 6.45) is 5.33. The number of carbonyl (C=O) groups excluding carboxylic acids is 1. The molecule has 9 heteroatoms. The van der Waals surface area contributed by atoms with Gasteiger partial charge in [0.2, 0.25) is 17.7 Å². The van der Waals surface area contributed by atoms with Crippen molar-refractivity contribution in [3.05, 3.63) is 12.3 Å². The van der Waals surface area contributed by atoms with E-state index in [1.54, 1.807) is 24.0 Å². The highest BCUT2D eigenvalue weighted by molar-refractivity contribution is 7.98. The predicted molar refractivity (Wildman–Crippen MR) is 105 cm³/mol. The Kier molecular flexibility index (Phi) is 9.92. The summed E-state index contributed by atoms with van der Waals surface area (Å²) in [4.78, 5) is 25.2. The number of hydrogen-bond donors (Lipinski definition) is 1. The number of carbonyl (C=O) groups is 1. The van der Waals surface area contributed by atoms with Crippen molar-refractivity contribution in [1.29, 1.82) is 0 Å². The van der Waals surface area contributed by atoms with Crippen molar-refractivity contribution in [1.82, 2.24) is 14.9 Å². The van der Waals surface area contributed by atoms with Gasteiger partial charge in [0.05, 0.1) is 12.6 Å². The summed E-state index contributed by atoms with van der Waals surface area (Å²) in [5.74, 6) is 2.20. The van der Waals surface area contributed by atoms with E-state index in [-0.39, 0.29) is 18.3 Å². The van der Waals surface area contributed by atoms with Crippen LogP contribution in [-0.2, 0) is 4.79 Å². The number of aromatic nitrogens is 2. The predicted octanol–water partition coefficient (Wildman–Crippen LogP) is 1.42. The molecule has 142 valence electrons. The van der Waals surface area contributed by atoms with Crippen molar-refractivity contribution in [2.45, 2.75) is 25.8 Å². The Bertz CT molecular complexity index is 537. The van der Waals surface area contributed by atoms with Gasteiger partial charge in [-0.3, -0.25) is 4.79 Å². The maximum atomic E-state index is 12.5. The van der Waals surface area contributed by atoms with Gasteiger partial charge >= 0.3 is 0 Å². The van der Waals surface area contributed by atoms with E-state index in [4.69, 9.17) is 10.5 Å². The Morgan fingerprint density at radius 1 is 1.40 bits per heavy atom. The molecule has 0 saturated carbocycles. The lowest BCUT2D eigenvalue weighted by Gasteiger charge is -2.24. The smallest absolute Gasteiger partial charge is 0.239 e. The Hall–Kier alpha value is -1.25. The fourth-order valence-corrected chi connectivity index (χ4v) is 3.14. The normalized spacial score (nSPS) is 16.0. The molecule has 1 fully saturated rings. The second-order valence-electron chi connectivity index (χ2n) is 5.68. The third kappa shape index (κ3) is 6.52. The van der Waals surface area contributed by atoms with E-state index in [9.17, 15) is 4.79 Å². The molecule has 0 aliphatic carbocycles. The third-order valence-electron chi connectivity index (χ3n) is 3.95. The van der Waals surface area contributed by atoms with Crippen molar-refractivity contribution in [2.24, 2.45) is 5.73 Å². The van der Waals surface area contributed by atoms with Crippen LogP contribution in [0.4, 0.5) is 5.95 Å². The van der Waals surface area contributed by atoms with Gasteiger partial charge < -0.3 is 20.3 Å². The molecule has 0 aromatic carbocycles. The maximum Gasteiger partial charge on any atom is 0.239 e. The molecule has 2 rings (SSSR count). The van der Waals surface area contributed by atoms with E-state index in [0.717, 1.165) is 31.7 Å². The lowest BCUT2D eigenvalue weighted by Crippen LogP contribution is -2.45. The zero-order valence-electron chi connectivity index (χ0n) is 14.9. The van der Waals surface area contributed by atoms with Gasteiger partial charge in [0.25, 0.3) is 0 Å². The van der Waals surface area contributed by atoms with Gasteiger partial charge in [-0.15, -0.1) is 12.4 Å². The van der Waals surface area contributed by atoms with Crippen LogP contribution in [-0.4, -0.2) is 71.6 Å². The van der Waals surface area contributed by atoms with E-state index < -0.39 is 6.04 Å². The van der Waals surface area contributed by atoms with Crippen LogP contribution in [0.25, 0.3) is 0 Å². The highest BCUT2D eigenvalue weighted by Gasteiger charge is 2.24. The summed E-state index contributed by atoms with van der Waals surface area (Å²) in [5, 5.41) is 0. The SMILES string of the molecule is CCOc1ccnc(N2CCCN(C(=O)C(N)CCSC)CC2)n1.Cl. The minimum Gasteiger partial charge on any atom is -0.478 e. The number of nitrogens with zero attached hydrogens (tertiary/aromatic N) is 4. The molecule has 1 aromatic heterocycles. The molecule has 1 saturated heterocycles. The summed E-state index contributed by atoms with van der Waals surface area (Å²) in [5.41, 5.74) is 6.02. The number of ether oxygens (including phenoxy) is 1. The lowest BCUT2D eigenvalue weighted by molar-refractivity contribution is -0.132. The van der Waals surface area contributed by atoms with Crippen molar-refractivity contribution in [3.8, 4) is 5.88 Å². The summed E-state index contributed by atoms with van der Waals surface area (Å²) in [6.45, 7) is 5.40. The quantitative estimate of drug-likeness (QED) is 0.754. The monoisotopic (exact) mass is 389 g/mol. The molecule has 2 heterocycles. The molecule has 0 bridgehead atoms. The Morgan fingerprint density at radius 3 is 2.92 bits per heavy atom. The molecular formula is C16H28ClN5O2S. The van der Waals surface area contributed by atoms with Gasteiger partial charge in [-0.1, -0.05) is 0 Å². The topological polar surface area (TPSA) is 84.6 Å². The van der Waals surface area contributed by atoms with Gasteiger partial charge in [-0.05, 0) is 31.8 Å². The molecule has 1 unspecified atom stereocenters. The molecular weight excluding hydrogens is 362 g/mol. The number of hydrogen-bond acceptors (Lipinski definition) is 7. The molecule has 0 spiro atoms. The molecule has 1 aromatic rings. The minimum atomic E-state index is -0.401. The van der Waals surface area contributed by atoms with Crippen molar-refractivity contribution in [2.75, 3.05) is 49.7 Å². The largest absolute Gasteiger partial charge is 0.478 e. The average Bonchev–Trinajstić information content (AvgIpc) is 2.85. The van der Waals surface area contributed by atoms with Gasteiger partial charge in [0.1, 0.15) is 0 Å². The molecule has 1 atom stereocenters. The van der Waals surface area contributed by atoms with Gasteiger partial charge in [-0.2, -0.15) is 16.7 Å². The Labute approximate surface area is 160 Å². The Balaban J connectivity index is 0.00000312. The highest BCUT2D eigenvalue weighted by atomic mass is 35.5. The van der Waals surface area contributed by atoms with Crippen molar-refractivity contribution in [3.63, 3.8) is 0 Å². The first kappa shape index (κ1) is 21.8. The van der Waals surface area contributed by atoms with Crippen molar-refractivity contribution >= 4 is 36.0 Å². The minimum absolute atomic E-state index is 0. The van der Waals surface area contributed by atoms with E-state index in [1.807, 2.05) is 18.1 Å². The molecule has 1 amide bonds. The van der Waals surface area contributed by atoms with Crippen LogP contribution in [0.3, 0.4) is 0 Å². The zero-order valence-corrected chi connectivity index (χ0v) is 16.5. The third-order valence-corrected chi connectivity index (χ3v) is 4.59. The van der Waals surface area contributed by atoms with E-state index in [0.29, 0.717) is 31.5 Å². The van der Waals surface area contributed by atoms with E-state index in [1.165, 1.54) is 0 Å². The Morgan fingerprint density at radius 2 is 2.20 bits per heavy atom. The van der Waals surface area contributed by atoms with Crippen LogP contribution in [0, 0.1) is 0 Å². The fourth-order valence-electron chi connectivity index (χ4n) is 2.65. The summed E-state index contributed by atoms with van der Waals surface area (Å²) in [7, 11) is 0. The lowest BCUT2D eigenvalue weighted by atomic mass is 10.2. The molecule has 7 nitrogen and oxygen atoms in total. The van der Waals surface area contributed by atoms with Crippen LogP contribution >= 0.6 is 24.2 Å². The number of nitrogens with two attached hydrogens (primary N) is 1. The first-order valence-corrected chi connectivity index (χ1v) is 9.79. The summed E-state index contributed by atoms with van der Waals surface area (Å²) >= 11 is 1.71. The average molecular weight is 390 g/mol. The summed E-state index contributed by atoms with van der Waals surface area (Å²) in [6, 6.07) is 1.35. The van der Waals surface area contributed by atoms with Gasteiger partial charge in [0, 0.05) is 38.4 Å². The molecule has 25 heavy (non-hydrogen) atoms. The summed E-state index contributed by atoms with van der Waals surface area (Å²) < 4.78 is 5.44. The van der Waals surface area contributed by atoms with Crippen LogP contribution in [0.1, 0.15) is 19.8 Å². The molecule has 2 N–H and O–H groups in total. The number of anilines is 1.